The third-order valence-corrected chi connectivity index (χ3v) is 28.2. The number of nitrogens with zero attached hydrogens (tertiary/aromatic N) is 13. The lowest BCUT2D eigenvalue weighted by Gasteiger charge is -2.28. The summed E-state index contributed by atoms with van der Waals surface area (Å²) in [6, 6.07) is 75.6. The first kappa shape index (κ1) is 89.3. The standard InChI is InChI=1S/C37H35N5O6S.C34H31N5O4S.C31H31N5O4/c1-25(43)37(44)41-16-14-30(24-41)48-35-12-9-27(21-28(35)23-38)32-13-15-39-36-33(32)22-34(42(36)49(45,46)31-5-3-2-4-6-31)26-7-10-29(11-8-26)40-17-19-47-20-18-40;35-22-26-20-25(8-11-33(26)43-28-12-14-36-23-28)30-13-15-37-34-31(30)21-32(39(34)44(40,41)29-4-2-1-3-5-29)24-6-9-27(10-7-24)38-16-18-42-19-17-38;1-20(37)31(38)36-11-9-25(19-36)40-29-7-4-22(16-23(29)18-32)26-8-10-33-30-27(26)17-28(34-30)21-2-5-24(6-3-21)35-12-14-39-15-13-35/h2-13,15,21-22,25,30,43H,14,16-20,24H2,1H3;1-11,13,15,20-21,28,36H,12,14,16-19,23H2;2-8,10,16-17,20,25,37H,9,11-15,19H2,1H3,(H,33,34)/t25?,30-;28-;20?,25-/m111/s1. The number of carbonyl (C=O) groups is 2. The number of benzene rings is 8. The van der Waals surface area contributed by atoms with Crippen LogP contribution in [0.4, 0.5) is 17.1 Å². The zero-order valence-electron chi connectivity index (χ0n) is 73.3. The number of aromatic amines is 1. The summed E-state index contributed by atoms with van der Waals surface area (Å²) < 4.78 is 94.5. The SMILES string of the molecule is CC(O)C(=O)N1CC[C@@H](Oc2ccc(-c3ccnc4[nH]c(-c5ccc(N6CCOCC6)cc5)cc34)cc2C#N)C1.CC(O)C(=O)N1CC[C@@H](Oc2ccc(-c3ccnc4c3cc(-c3ccc(N5CCOCC5)cc3)n4S(=O)(=O)c3ccccc3)cc2C#N)C1.N#Cc1cc(-c2ccnc3c2cc(-c2ccc(N4CCOCC4)cc2)n3S(=O)(=O)c2ccccc2)ccc1O[C@@H]1CCNC1. The van der Waals surface area contributed by atoms with Crippen molar-refractivity contribution in [1.82, 2.24) is 43.0 Å². The van der Waals surface area contributed by atoms with Crippen molar-refractivity contribution in [2.24, 2.45) is 0 Å². The molecular formula is C102H97N15O14S2. The second-order valence-corrected chi connectivity index (χ2v) is 36.9. The van der Waals surface area contributed by atoms with E-state index in [1.807, 2.05) is 109 Å². The second kappa shape index (κ2) is 39.4. The number of carbonyl (C=O) groups excluding carboxylic acids is 2. The smallest absolute Gasteiger partial charge is 0.269 e. The van der Waals surface area contributed by atoms with Crippen LogP contribution < -0.4 is 34.2 Å². The third-order valence-electron chi connectivity index (χ3n) is 24.8. The Bertz CT molecular complexity index is 6990. The van der Waals surface area contributed by atoms with Gasteiger partial charge in [-0.15, -0.1) is 0 Å². The van der Waals surface area contributed by atoms with Crippen LogP contribution in [0, 0.1) is 34.0 Å². The van der Waals surface area contributed by atoms with Crippen LogP contribution in [0.5, 0.6) is 17.2 Å². The number of rotatable bonds is 21. The molecule has 4 N–H and O–H groups in total. The lowest BCUT2D eigenvalue weighted by molar-refractivity contribution is -0.139. The fourth-order valence-corrected chi connectivity index (χ4v) is 20.9. The van der Waals surface area contributed by atoms with Crippen molar-refractivity contribution in [3.63, 3.8) is 0 Å². The van der Waals surface area contributed by atoms with Gasteiger partial charge < -0.3 is 73.4 Å². The highest BCUT2D eigenvalue weighted by Crippen LogP contribution is 2.43. The Morgan fingerprint density at radius 2 is 0.782 bits per heavy atom. The summed E-state index contributed by atoms with van der Waals surface area (Å²) in [6.07, 6.45) is 4.42. The van der Waals surface area contributed by atoms with Crippen molar-refractivity contribution in [3.05, 3.63) is 260 Å². The van der Waals surface area contributed by atoms with Gasteiger partial charge in [0.25, 0.3) is 31.9 Å². The number of H-pyrrole nitrogens is 1. The molecular weight excluding hydrogens is 1720 g/mol. The van der Waals surface area contributed by atoms with Gasteiger partial charge in [-0.3, -0.25) is 9.59 Å². The third kappa shape index (κ3) is 19.0. The molecule has 5 atom stereocenters. The molecule has 133 heavy (non-hydrogen) atoms. The van der Waals surface area contributed by atoms with Gasteiger partial charge in [0.1, 0.15) is 71.6 Å². The fraction of sp³-hybridized carbons (Fsp3) is 0.275. The number of pyridine rings is 3. The van der Waals surface area contributed by atoms with Crippen LogP contribution in [-0.4, -0.2) is 225 Å². The highest BCUT2D eigenvalue weighted by molar-refractivity contribution is 7.90. The van der Waals surface area contributed by atoms with E-state index in [-0.39, 0.29) is 45.6 Å². The molecule has 14 aromatic rings. The van der Waals surface area contributed by atoms with Gasteiger partial charge in [0, 0.05) is 129 Å². The molecule has 2 amide bonds. The second-order valence-electron chi connectivity index (χ2n) is 33.3. The number of hydrogen-bond donors (Lipinski definition) is 4. The van der Waals surface area contributed by atoms with E-state index in [1.165, 1.54) is 27.5 Å². The Morgan fingerprint density at radius 3 is 1.15 bits per heavy atom. The van der Waals surface area contributed by atoms with E-state index < -0.39 is 32.3 Å². The van der Waals surface area contributed by atoms with E-state index in [2.05, 4.69) is 88.5 Å². The van der Waals surface area contributed by atoms with Crippen molar-refractivity contribution in [3.8, 4) is 103 Å². The highest BCUT2D eigenvalue weighted by Gasteiger charge is 2.35. The Balaban J connectivity index is 0.000000134. The number of morpholine rings is 3. The summed E-state index contributed by atoms with van der Waals surface area (Å²) in [5.74, 6) is 0.765. The predicted molar refractivity (Wildman–Crippen MR) is 506 cm³/mol. The van der Waals surface area contributed by atoms with Crippen molar-refractivity contribution in [1.29, 1.82) is 15.8 Å². The maximum Gasteiger partial charge on any atom is 0.269 e. The van der Waals surface area contributed by atoms with Crippen LogP contribution in [-0.2, 0) is 43.8 Å². The molecule has 20 rings (SSSR count). The van der Waals surface area contributed by atoms with Crippen LogP contribution in [0.1, 0.15) is 49.8 Å². The molecule has 6 aromatic heterocycles. The van der Waals surface area contributed by atoms with E-state index in [0.717, 1.165) is 133 Å². The summed E-state index contributed by atoms with van der Waals surface area (Å²) in [4.78, 5) is 51.8. The van der Waals surface area contributed by atoms with Crippen LogP contribution in [0.2, 0.25) is 0 Å². The number of nitriles is 3. The van der Waals surface area contributed by atoms with Gasteiger partial charge in [-0.1, -0.05) is 91.0 Å². The van der Waals surface area contributed by atoms with E-state index in [1.54, 1.807) is 113 Å². The fourth-order valence-electron chi connectivity index (χ4n) is 17.9. The van der Waals surface area contributed by atoms with Gasteiger partial charge in [-0.25, -0.2) is 39.7 Å². The van der Waals surface area contributed by atoms with Crippen LogP contribution in [0.3, 0.4) is 0 Å². The number of aliphatic hydroxyl groups excluding tert-OH is 2. The van der Waals surface area contributed by atoms with Crippen LogP contribution in [0.25, 0.3) is 100 Å². The summed E-state index contributed by atoms with van der Waals surface area (Å²) in [6.45, 7) is 15.4. The lowest BCUT2D eigenvalue weighted by atomic mass is 10.0. The Labute approximate surface area is 769 Å². The first-order chi connectivity index (χ1) is 64.8. The van der Waals surface area contributed by atoms with Crippen LogP contribution in [0.15, 0.2) is 253 Å². The molecule has 6 saturated heterocycles. The molecule has 2 unspecified atom stereocenters. The Kier molecular flexibility index (Phi) is 26.5. The summed E-state index contributed by atoms with van der Waals surface area (Å²) in [5.41, 5.74) is 15.1. The minimum Gasteiger partial charge on any atom is -0.488 e. The van der Waals surface area contributed by atoms with Crippen molar-refractivity contribution in [2.45, 2.75) is 73.4 Å². The van der Waals surface area contributed by atoms with E-state index in [0.29, 0.717) is 144 Å². The summed E-state index contributed by atoms with van der Waals surface area (Å²) in [5, 5.41) is 54.8. The van der Waals surface area contributed by atoms with E-state index >= 15 is 0 Å². The molecule has 0 spiro atoms. The number of hydrogen-bond acceptors (Lipinski definition) is 24. The molecule has 676 valence electrons. The minimum absolute atomic E-state index is 0.0231. The Morgan fingerprint density at radius 1 is 0.421 bits per heavy atom. The van der Waals surface area contributed by atoms with Gasteiger partial charge >= 0.3 is 0 Å². The zero-order chi connectivity index (χ0) is 91.9. The highest BCUT2D eigenvalue weighted by atomic mass is 32.2. The van der Waals surface area contributed by atoms with Crippen molar-refractivity contribution >= 4 is 82.0 Å². The molecule has 0 saturated carbocycles. The van der Waals surface area contributed by atoms with E-state index in [9.17, 15) is 52.4 Å². The van der Waals surface area contributed by atoms with E-state index in [4.69, 9.17) is 28.4 Å². The quantitative estimate of drug-likeness (QED) is 0.0519. The first-order valence-corrected chi connectivity index (χ1v) is 47.3. The normalized spacial score (nSPS) is 17.4. The molecule has 0 bridgehead atoms. The molecule has 6 aliphatic heterocycles. The topological polar surface area (TPSA) is 362 Å². The monoisotopic (exact) mass is 1820 g/mol. The maximum absolute atomic E-state index is 14.3. The predicted octanol–water partition coefficient (Wildman–Crippen LogP) is 13.7. The summed E-state index contributed by atoms with van der Waals surface area (Å²) in [7, 11) is -8.08. The average molecular weight is 1820 g/mol. The maximum atomic E-state index is 14.3. The number of fused-ring (bicyclic) bond motifs is 3. The number of likely N-dealkylation sites (tertiary alicyclic amines) is 2. The molecule has 0 radical (unpaired) electrons. The molecule has 12 heterocycles. The molecule has 6 fully saturated rings. The van der Waals surface area contributed by atoms with Crippen LogP contribution >= 0.6 is 0 Å². The first-order valence-electron chi connectivity index (χ1n) is 44.4. The number of anilines is 3. The summed E-state index contributed by atoms with van der Waals surface area (Å²) >= 11 is 0. The average Bonchev–Trinajstić information content (AvgIpc) is 1.59. The number of aliphatic hydroxyl groups is 2. The van der Waals surface area contributed by atoms with Crippen molar-refractivity contribution < 1.29 is 65.1 Å². The van der Waals surface area contributed by atoms with Gasteiger partial charge in [-0.05, 0) is 210 Å². The van der Waals surface area contributed by atoms with Gasteiger partial charge in [-0.2, -0.15) is 15.8 Å². The number of ether oxygens (including phenoxy) is 6. The number of amides is 2. The number of nitrogens with one attached hydrogen (secondary N) is 2. The molecule has 31 heteroatoms. The van der Waals surface area contributed by atoms with Gasteiger partial charge in [0.15, 0.2) is 11.3 Å². The molecule has 8 aromatic carbocycles. The zero-order valence-corrected chi connectivity index (χ0v) is 74.9. The largest absolute Gasteiger partial charge is 0.488 e. The molecule has 29 nitrogen and oxygen atoms in total. The van der Waals surface area contributed by atoms with Crippen molar-refractivity contribution in [2.75, 3.05) is 133 Å². The molecule has 6 aliphatic rings. The Hall–Kier alpha value is -14.3. The molecule has 0 aliphatic carbocycles. The number of aromatic nitrogens is 6. The lowest BCUT2D eigenvalue weighted by Crippen LogP contribution is -2.37. The van der Waals surface area contributed by atoms with Gasteiger partial charge in [0.2, 0.25) is 0 Å². The minimum atomic E-state index is -4.07. The van der Waals surface area contributed by atoms with Gasteiger partial charge in [0.05, 0.1) is 90.6 Å².